The van der Waals surface area contributed by atoms with Crippen LogP contribution in [0.25, 0.3) is 33.1 Å². The highest BCUT2D eigenvalue weighted by Gasteiger charge is 2.27. The van der Waals surface area contributed by atoms with Gasteiger partial charge in [0.15, 0.2) is 0 Å². The average molecular weight is 661 g/mol. The summed E-state index contributed by atoms with van der Waals surface area (Å²) < 4.78 is 2.38. The number of nitrogens with zero attached hydrogens (tertiary/aromatic N) is 2. The van der Waals surface area contributed by atoms with Crippen molar-refractivity contribution in [3.63, 3.8) is 0 Å². The van der Waals surface area contributed by atoms with Crippen molar-refractivity contribution in [3.05, 3.63) is 204 Å². The molecule has 0 fully saturated rings. The fraction of sp³-hybridized carbons (Fsp3) is 0.143. The van der Waals surface area contributed by atoms with Crippen molar-refractivity contribution in [2.75, 3.05) is 11.4 Å². The Morgan fingerprint density at radius 2 is 0.941 bits per heavy atom. The van der Waals surface area contributed by atoms with E-state index in [9.17, 15) is 0 Å². The van der Waals surface area contributed by atoms with Gasteiger partial charge in [-0.3, -0.25) is 0 Å². The lowest BCUT2D eigenvalue weighted by Gasteiger charge is -2.30. The lowest BCUT2D eigenvalue weighted by atomic mass is 9.74. The lowest BCUT2D eigenvalue weighted by Crippen LogP contribution is -2.22. The molecule has 2 heterocycles. The van der Waals surface area contributed by atoms with Crippen molar-refractivity contribution in [1.82, 2.24) is 4.57 Å². The lowest BCUT2D eigenvalue weighted by molar-refractivity contribution is 0.626. The zero-order valence-electron chi connectivity index (χ0n) is 30.0. The third kappa shape index (κ3) is 5.71. The van der Waals surface area contributed by atoms with Crippen molar-refractivity contribution in [2.45, 2.75) is 38.5 Å². The first-order chi connectivity index (χ1) is 24.7. The Labute approximate surface area is 302 Å². The van der Waals surface area contributed by atoms with Crippen molar-refractivity contribution >= 4 is 38.8 Å². The number of aromatic nitrogens is 1. The van der Waals surface area contributed by atoms with Crippen LogP contribution in [0.15, 0.2) is 176 Å². The summed E-state index contributed by atoms with van der Waals surface area (Å²) in [6.45, 7) is 14.4. The van der Waals surface area contributed by atoms with E-state index in [4.69, 9.17) is 0 Å². The van der Waals surface area contributed by atoms with Gasteiger partial charge in [-0.15, -0.1) is 0 Å². The predicted octanol–water partition coefficient (Wildman–Crippen LogP) is 12.7. The first kappa shape index (κ1) is 32.4. The fourth-order valence-electron chi connectivity index (χ4n) is 7.75. The molecule has 0 saturated heterocycles. The molecule has 0 N–H and O–H groups in total. The summed E-state index contributed by atoms with van der Waals surface area (Å²) >= 11 is 0. The Bertz CT molecular complexity index is 2380. The topological polar surface area (TPSA) is 8.17 Å². The van der Waals surface area contributed by atoms with Crippen molar-refractivity contribution in [3.8, 4) is 5.69 Å². The Kier molecular flexibility index (Phi) is 8.11. The van der Waals surface area contributed by atoms with E-state index in [1.54, 1.807) is 0 Å². The highest BCUT2D eigenvalue weighted by molar-refractivity contribution is 6.09. The van der Waals surface area contributed by atoms with E-state index in [2.05, 4.69) is 214 Å². The van der Waals surface area contributed by atoms with Crippen LogP contribution in [0.3, 0.4) is 0 Å². The third-order valence-electron chi connectivity index (χ3n) is 11.0. The summed E-state index contributed by atoms with van der Waals surface area (Å²) in [6, 6.07) is 53.4. The van der Waals surface area contributed by atoms with Gasteiger partial charge in [-0.05, 0) is 70.3 Å². The summed E-state index contributed by atoms with van der Waals surface area (Å²) in [6.07, 6.45) is 8.46. The minimum Gasteiger partial charge on any atom is -0.337 e. The second-order valence-corrected chi connectivity index (χ2v) is 14.7. The van der Waals surface area contributed by atoms with E-state index in [1.807, 2.05) is 0 Å². The van der Waals surface area contributed by atoms with Crippen molar-refractivity contribution < 1.29 is 0 Å². The maximum atomic E-state index is 4.33. The molecule has 1 aliphatic rings. The molecule has 0 aliphatic carbocycles. The van der Waals surface area contributed by atoms with Crippen molar-refractivity contribution in [1.29, 1.82) is 0 Å². The van der Waals surface area contributed by atoms with Gasteiger partial charge in [-0.2, -0.15) is 0 Å². The molecule has 2 heteroatoms. The van der Waals surface area contributed by atoms with Crippen LogP contribution in [0.4, 0.5) is 11.4 Å². The molecule has 1 aromatic heterocycles. The van der Waals surface area contributed by atoms with Gasteiger partial charge in [0, 0.05) is 50.8 Å². The SMILES string of the molecule is C=C1/C=C\C=C/CN(c2ccc(C(C)(C)c3ccc(C(C)(C)c4ccc(-n5c6ccccc6c6ccccc65)cc4)cc3)cc2)c2ccccc21. The van der Waals surface area contributed by atoms with E-state index >= 15 is 0 Å². The molecule has 0 bridgehead atoms. The molecular weight excluding hydrogens is 617 g/mol. The Balaban J connectivity index is 1.04. The van der Waals surface area contributed by atoms with Gasteiger partial charge >= 0.3 is 0 Å². The molecule has 6 aromatic carbocycles. The number of hydrogen-bond donors (Lipinski definition) is 0. The number of allylic oxidation sites excluding steroid dienone is 4. The molecule has 0 saturated carbocycles. The second kappa shape index (κ2) is 12.8. The fourth-order valence-corrected chi connectivity index (χ4v) is 7.75. The number of para-hydroxylation sites is 3. The van der Waals surface area contributed by atoms with E-state index in [-0.39, 0.29) is 10.8 Å². The molecule has 250 valence electrons. The molecule has 51 heavy (non-hydrogen) atoms. The molecule has 0 amide bonds. The third-order valence-corrected chi connectivity index (χ3v) is 11.0. The highest BCUT2D eigenvalue weighted by Crippen LogP contribution is 2.39. The Morgan fingerprint density at radius 1 is 0.490 bits per heavy atom. The maximum Gasteiger partial charge on any atom is 0.0541 e. The van der Waals surface area contributed by atoms with Crippen LogP contribution in [0.2, 0.25) is 0 Å². The minimum atomic E-state index is -0.158. The summed E-state index contributed by atoms with van der Waals surface area (Å²) in [4.78, 5) is 2.37. The number of fused-ring (bicyclic) bond motifs is 4. The van der Waals surface area contributed by atoms with Crippen LogP contribution in [0.1, 0.15) is 55.5 Å². The Morgan fingerprint density at radius 3 is 1.49 bits per heavy atom. The molecule has 2 nitrogen and oxygen atoms in total. The molecule has 0 spiro atoms. The average Bonchev–Trinajstić information content (AvgIpc) is 3.54. The summed E-state index contributed by atoms with van der Waals surface area (Å²) in [5, 5.41) is 2.57. The van der Waals surface area contributed by atoms with Crippen LogP contribution in [-0.2, 0) is 10.8 Å². The normalized spacial score (nSPS) is 14.9. The second-order valence-electron chi connectivity index (χ2n) is 14.7. The minimum absolute atomic E-state index is 0.153. The number of benzene rings is 6. The molecule has 7 aromatic rings. The number of anilines is 2. The van der Waals surface area contributed by atoms with Gasteiger partial charge in [0.1, 0.15) is 0 Å². The monoisotopic (exact) mass is 660 g/mol. The predicted molar refractivity (Wildman–Crippen MR) is 219 cm³/mol. The van der Waals surface area contributed by atoms with Gasteiger partial charge in [-0.1, -0.05) is 162 Å². The van der Waals surface area contributed by atoms with Crippen LogP contribution >= 0.6 is 0 Å². The molecule has 0 radical (unpaired) electrons. The van der Waals surface area contributed by atoms with Crippen molar-refractivity contribution in [2.24, 2.45) is 0 Å². The molecular formula is C49H44N2. The number of hydrogen-bond acceptors (Lipinski definition) is 1. The summed E-state index contributed by atoms with van der Waals surface area (Å²) in [5.74, 6) is 0. The van der Waals surface area contributed by atoms with Gasteiger partial charge in [0.2, 0.25) is 0 Å². The molecule has 0 unspecified atom stereocenters. The van der Waals surface area contributed by atoms with Gasteiger partial charge in [-0.25, -0.2) is 0 Å². The maximum absolute atomic E-state index is 4.33. The van der Waals surface area contributed by atoms with E-state index in [1.165, 1.54) is 61.1 Å². The van der Waals surface area contributed by atoms with E-state index in [0.29, 0.717) is 0 Å². The molecule has 0 atom stereocenters. The van der Waals surface area contributed by atoms with E-state index < -0.39 is 0 Å². The largest absolute Gasteiger partial charge is 0.337 e. The quantitative estimate of drug-likeness (QED) is 0.172. The van der Waals surface area contributed by atoms with Crippen LogP contribution in [0.5, 0.6) is 0 Å². The zero-order valence-corrected chi connectivity index (χ0v) is 30.0. The van der Waals surface area contributed by atoms with Gasteiger partial charge in [0.25, 0.3) is 0 Å². The van der Waals surface area contributed by atoms with Crippen LogP contribution in [-0.4, -0.2) is 11.1 Å². The number of rotatable bonds is 6. The van der Waals surface area contributed by atoms with Gasteiger partial charge in [0.05, 0.1) is 11.0 Å². The van der Waals surface area contributed by atoms with E-state index in [0.717, 1.165) is 17.7 Å². The molecule has 1 aliphatic heterocycles. The first-order valence-corrected chi connectivity index (χ1v) is 17.9. The Hall–Kier alpha value is -5.86. The summed E-state index contributed by atoms with van der Waals surface area (Å²) in [5.41, 5.74) is 13.0. The van der Waals surface area contributed by atoms with Crippen LogP contribution in [0, 0.1) is 0 Å². The van der Waals surface area contributed by atoms with Gasteiger partial charge < -0.3 is 9.47 Å². The summed E-state index contributed by atoms with van der Waals surface area (Å²) in [7, 11) is 0. The molecule has 8 rings (SSSR count). The standard InChI is InChI=1S/C49H44N2/c1-35-15-7-6-14-34-50(45-19-11-8-16-42(35)45)40-30-26-38(27-31-40)48(2,3)36-22-24-37(25-23-36)49(4,5)39-28-32-41(33-29-39)51-46-20-12-9-17-43(46)44-18-10-13-21-47(44)51/h6-33H,1,34H2,2-5H3/b14-6-,15-7-. The highest BCUT2D eigenvalue weighted by atomic mass is 15.1. The smallest absolute Gasteiger partial charge is 0.0541 e. The zero-order chi connectivity index (χ0) is 35.2. The first-order valence-electron chi connectivity index (χ1n) is 17.9. The van der Waals surface area contributed by atoms with Crippen LogP contribution < -0.4 is 4.90 Å².